The van der Waals surface area contributed by atoms with Crippen LogP contribution in [-0.2, 0) is 30.6 Å². The van der Waals surface area contributed by atoms with Gasteiger partial charge in [-0.05, 0) is 62.9 Å². The van der Waals surface area contributed by atoms with E-state index in [0.717, 1.165) is 5.56 Å². The fraction of sp³-hybridized carbons (Fsp3) is 0.385. The third-order valence-electron chi connectivity index (χ3n) is 5.30. The van der Waals surface area contributed by atoms with E-state index in [1.54, 1.807) is 30.9 Å². The third-order valence-corrected chi connectivity index (χ3v) is 7.05. The number of rotatable bonds is 12. The molecular weight excluding hydrogens is 454 g/mol. The van der Waals surface area contributed by atoms with Crippen molar-refractivity contribution in [3.63, 3.8) is 0 Å². The number of amides is 1. The van der Waals surface area contributed by atoms with E-state index in [1.807, 2.05) is 44.2 Å². The molecule has 0 fully saturated rings. The lowest BCUT2D eigenvalue weighted by Crippen LogP contribution is -2.28. The van der Waals surface area contributed by atoms with Gasteiger partial charge in [0.25, 0.3) is 0 Å². The predicted octanol–water partition coefficient (Wildman–Crippen LogP) is 3.92. The molecule has 2 aromatic carbocycles. The van der Waals surface area contributed by atoms with Crippen molar-refractivity contribution >= 4 is 27.3 Å². The molecule has 34 heavy (non-hydrogen) atoms. The van der Waals surface area contributed by atoms with Gasteiger partial charge in [0.15, 0.2) is 16.4 Å². The summed E-state index contributed by atoms with van der Waals surface area (Å²) < 4.78 is 36.8. The van der Waals surface area contributed by atoms with Crippen LogP contribution in [0.25, 0.3) is 5.57 Å². The van der Waals surface area contributed by atoms with Gasteiger partial charge in [-0.25, -0.2) is 13.2 Å². The summed E-state index contributed by atoms with van der Waals surface area (Å²) in [6, 6.07) is 14.0. The first-order chi connectivity index (χ1) is 16.2. The number of carbonyl (C=O) groups is 2. The highest BCUT2D eigenvalue weighted by molar-refractivity contribution is 7.91. The van der Waals surface area contributed by atoms with Crippen LogP contribution in [0.15, 0.2) is 59.5 Å². The second-order valence-corrected chi connectivity index (χ2v) is 9.73. The lowest BCUT2D eigenvalue weighted by atomic mass is 10.1. The van der Waals surface area contributed by atoms with Crippen molar-refractivity contribution in [1.29, 1.82) is 0 Å². The lowest BCUT2D eigenvalue weighted by molar-refractivity contribution is -0.145. The van der Waals surface area contributed by atoms with Gasteiger partial charge >= 0.3 is 5.97 Å². The molecule has 0 saturated carbocycles. The zero-order valence-corrected chi connectivity index (χ0v) is 21.1. The molecule has 0 N–H and O–H groups in total. The van der Waals surface area contributed by atoms with E-state index in [1.165, 1.54) is 12.1 Å². The second-order valence-electron chi connectivity index (χ2n) is 7.65. The first-order valence-corrected chi connectivity index (χ1v) is 13.0. The van der Waals surface area contributed by atoms with Crippen molar-refractivity contribution in [2.75, 3.05) is 32.1 Å². The normalized spacial score (nSPS) is 11.7. The molecule has 0 atom stereocenters. The average Bonchev–Trinajstić information content (AvgIpc) is 2.83. The molecule has 0 spiro atoms. The predicted molar refractivity (Wildman–Crippen MR) is 132 cm³/mol. The molecule has 0 aliphatic carbocycles. The highest BCUT2D eigenvalue weighted by Crippen LogP contribution is 2.30. The van der Waals surface area contributed by atoms with Crippen LogP contribution in [0.3, 0.4) is 0 Å². The van der Waals surface area contributed by atoms with Crippen LogP contribution in [0, 0.1) is 0 Å². The van der Waals surface area contributed by atoms with Gasteiger partial charge in [0.05, 0.1) is 12.4 Å². The molecule has 0 radical (unpaired) electrons. The van der Waals surface area contributed by atoms with Gasteiger partial charge in [-0.1, -0.05) is 36.4 Å². The Labute approximate surface area is 202 Å². The SMILES string of the molecule is CCOC(=O)COc1cc(/C(C)=C\C(=O)N(CC)CC)ccc1S(=O)(=O)CCc1ccccc1. The summed E-state index contributed by atoms with van der Waals surface area (Å²) in [6.45, 7) is 8.22. The minimum absolute atomic E-state index is 0.000603. The fourth-order valence-electron chi connectivity index (χ4n) is 3.36. The number of carbonyl (C=O) groups excluding carboxylic acids is 2. The minimum Gasteiger partial charge on any atom is -0.481 e. The maximum atomic E-state index is 13.2. The Morgan fingerprint density at radius 1 is 1.00 bits per heavy atom. The van der Waals surface area contributed by atoms with Crippen molar-refractivity contribution in [2.45, 2.75) is 39.0 Å². The van der Waals surface area contributed by atoms with Crippen LogP contribution in [0.5, 0.6) is 5.75 Å². The first kappa shape index (κ1) is 27.1. The number of likely N-dealkylation sites (N-methyl/N-ethyl adjacent to an activating group) is 1. The van der Waals surface area contributed by atoms with Crippen LogP contribution < -0.4 is 4.74 Å². The maximum absolute atomic E-state index is 13.2. The van der Waals surface area contributed by atoms with Gasteiger partial charge in [-0.3, -0.25) is 4.79 Å². The first-order valence-electron chi connectivity index (χ1n) is 11.4. The van der Waals surface area contributed by atoms with Crippen molar-refractivity contribution in [3.05, 3.63) is 65.7 Å². The molecule has 184 valence electrons. The molecule has 0 bridgehead atoms. The van der Waals surface area contributed by atoms with Gasteiger partial charge in [0.2, 0.25) is 5.91 Å². The van der Waals surface area contributed by atoms with Crippen LogP contribution in [0.1, 0.15) is 38.8 Å². The molecule has 0 saturated heterocycles. The van der Waals surface area contributed by atoms with Crippen LogP contribution in [-0.4, -0.2) is 57.3 Å². The zero-order valence-electron chi connectivity index (χ0n) is 20.2. The summed E-state index contributed by atoms with van der Waals surface area (Å²) in [6.07, 6.45) is 1.86. The maximum Gasteiger partial charge on any atom is 0.344 e. The summed E-state index contributed by atoms with van der Waals surface area (Å²) in [5.41, 5.74) is 2.19. The van der Waals surface area contributed by atoms with E-state index < -0.39 is 22.4 Å². The van der Waals surface area contributed by atoms with Crippen LogP contribution in [0.2, 0.25) is 0 Å². The Balaban J connectivity index is 2.37. The molecule has 0 aliphatic heterocycles. The van der Waals surface area contributed by atoms with Crippen LogP contribution in [0.4, 0.5) is 0 Å². The number of aryl methyl sites for hydroxylation is 1. The van der Waals surface area contributed by atoms with Crippen molar-refractivity contribution in [3.8, 4) is 5.75 Å². The van der Waals surface area contributed by atoms with E-state index in [0.29, 0.717) is 30.6 Å². The molecule has 0 aliphatic rings. The molecule has 1 amide bonds. The Morgan fingerprint density at radius 3 is 2.29 bits per heavy atom. The number of sulfone groups is 1. The highest BCUT2D eigenvalue weighted by Gasteiger charge is 2.22. The molecule has 2 aromatic rings. The monoisotopic (exact) mass is 487 g/mol. The van der Waals surface area contributed by atoms with Gasteiger partial charge in [0, 0.05) is 19.2 Å². The Bertz CT molecular complexity index is 1110. The van der Waals surface area contributed by atoms with E-state index in [4.69, 9.17) is 9.47 Å². The van der Waals surface area contributed by atoms with Gasteiger partial charge < -0.3 is 14.4 Å². The van der Waals surface area contributed by atoms with E-state index >= 15 is 0 Å². The number of allylic oxidation sites excluding steroid dienone is 1. The fourth-order valence-corrected chi connectivity index (χ4v) is 4.79. The molecule has 8 heteroatoms. The highest BCUT2D eigenvalue weighted by atomic mass is 32.2. The number of hydrogen-bond acceptors (Lipinski definition) is 6. The quantitative estimate of drug-likeness (QED) is 0.333. The topological polar surface area (TPSA) is 90.0 Å². The number of esters is 1. The number of ether oxygens (including phenoxy) is 2. The molecule has 0 heterocycles. The Kier molecular flexibility index (Phi) is 10.3. The van der Waals surface area contributed by atoms with Gasteiger partial charge in [-0.15, -0.1) is 0 Å². The minimum atomic E-state index is -3.71. The third kappa shape index (κ3) is 7.73. The van der Waals surface area contributed by atoms with Crippen LogP contribution >= 0.6 is 0 Å². The lowest BCUT2D eigenvalue weighted by Gasteiger charge is -2.17. The molecule has 0 aromatic heterocycles. The number of nitrogens with zero attached hydrogens (tertiary/aromatic N) is 1. The second kappa shape index (κ2) is 12.9. The summed E-state index contributed by atoms with van der Waals surface area (Å²) in [4.78, 5) is 26.0. The van der Waals surface area contributed by atoms with Gasteiger partial charge in [0.1, 0.15) is 10.6 Å². The molecule has 2 rings (SSSR count). The van der Waals surface area contributed by atoms with E-state index in [-0.39, 0.29) is 28.9 Å². The largest absolute Gasteiger partial charge is 0.481 e. The molecular formula is C26H33NO6S. The Morgan fingerprint density at radius 2 is 1.68 bits per heavy atom. The molecule has 0 unspecified atom stereocenters. The summed E-state index contributed by atoms with van der Waals surface area (Å²) in [5.74, 6) is -0.774. The van der Waals surface area contributed by atoms with E-state index in [9.17, 15) is 18.0 Å². The standard InChI is InChI=1S/C26H33NO6S/c1-5-27(6-2)25(28)17-20(4)22-13-14-24(23(18-22)33-19-26(29)32-7-3)34(30,31)16-15-21-11-9-8-10-12-21/h8-14,17-18H,5-7,15-16,19H2,1-4H3/b20-17-. The van der Waals surface area contributed by atoms with Crippen molar-refractivity contribution in [2.24, 2.45) is 0 Å². The summed E-state index contributed by atoms with van der Waals surface area (Å²) >= 11 is 0. The molecule has 7 nitrogen and oxygen atoms in total. The summed E-state index contributed by atoms with van der Waals surface area (Å²) in [7, 11) is -3.71. The van der Waals surface area contributed by atoms with E-state index in [2.05, 4.69) is 0 Å². The van der Waals surface area contributed by atoms with Gasteiger partial charge in [-0.2, -0.15) is 0 Å². The van der Waals surface area contributed by atoms with Crippen molar-refractivity contribution < 1.29 is 27.5 Å². The van der Waals surface area contributed by atoms with Crippen molar-refractivity contribution in [1.82, 2.24) is 4.90 Å². The summed E-state index contributed by atoms with van der Waals surface area (Å²) in [5, 5.41) is 0. The zero-order chi connectivity index (χ0) is 25.1. The average molecular weight is 488 g/mol. The number of benzene rings is 2. The number of hydrogen-bond donors (Lipinski definition) is 0. The smallest absolute Gasteiger partial charge is 0.344 e. The Hall–Kier alpha value is -3.13.